The molecule has 0 saturated carbocycles. The van der Waals surface area contributed by atoms with Crippen LogP contribution in [0.4, 0.5) is 0 Å². The summed E-state index contributed by atoms with van der Waals surface area (Å²) in [4.78, 5) is 11.6. The number of hydrogen-bond acceptors (Lipinski definition) is 7. The second-order valence-corrected chi connectivity index (χ2v) is 7.06. The Morgan fingerprint density at radius 2 is 1.48 bits per heavy atom. The minimum atomic E-state index is -1.07. The molecule has 0 aromatic rings. The van der Waals surface area contributed by atoms with Gasteiger partial charge in [-0.25, -0.2) is 0 Å². The highest BCUT2D eigenvalue weighted by Gasteiger charge is 2.43. The Morgan fingerprint density at radius 1 is 0.880 bits per heavy atom. The Labute approximate surface area is 150 Å². The average molecular weight is 361 g/mol. The van der Waals surface area contributed by atoms with Crippen molar-refractivity contribution in [1.82, 2.24) is 5.32 Å². The average Bonchev–Trinajstić information content (AvgIpc) is 2.89. The lowest BCUT2D eigenvalue weighted by Crippen LogP contribution is -2.44. The van der Waals surface area contributed by atoms with Crippen LogP contribution in [0.5, 0.6) is 0 Å². The molecule has 0 bridgehead atoms. The molecule has 0 amide bonds. The van der Waals surface area contributed by atoms with Crippen LogP contribution in [0.3, 0.4) is 0 Å². The molecular weight excluding hydrogens is 326 g/mol. The summed E-state index contributed by atoms with van der Waals surface area (Å²) in [6.45, 7) is -0.133. The zero-order chi connectivity index (χ0) is 18.7. The van der Waals surface area contributed by atoms with Crippen molar-refractivity contribution in [3.05, 3.63) is 0 Å². The van der Waals surface area contributed by atoms with E-state index in [0.29, 0.717) is 25.7 Å². The molecule has 1 rings (SSSR count). The molecule has 7 nitrogen and oxygen atoms in total. The molecule has 5 atom stereocenters. The van der Waals surface area contributed by atoms with Crippen LogP contribution in [0, 0.1) is 0 Å². The third-order valence-corrected chi connectivity index (χ3v) is 4.97. The number of carbonyl (C=O) groups is 1. The number of ketones is 1. The lowest BCUT2D eigenvalue weighted by Gasteiger charge is -2.22. The summed E-state index contributed by atoms with van der Waals surface area (Å²) in [6, 6.07) is -1.20. The molecule has 0 aliphatic carbocycles. The Bertz CT molecular complexity index is 367. The van der Waals surface area contributed by atoms with Gasteiger partial charge >= 0.3 is 0 Å². The molecule has 1 aliphatic heterocycles. The quantitative estimate of drug-likeness (QED) is 0.238. The van der Waals surface area contributed by atoms with E-state index < -0.39 is 30.4 Å². The summed E-state index contributed by atoms with van der Waals surface area (Å²) in [5.41, 5.74) is 0. The highest BCUT2D eigenvalue weighted by molar-refractivity contribution is 5.78. The van der Waals surface area contributed by atoms with Crippen LogP contribution in [0.2, 0.25) is 0 Å². The molecule has 148 valence electrons. The van der Waals surface area contributed by atoms with Crippen molar-refractivity contribution in [1.29, 1.82) is 0 Å². The molecule has 1 saturated heterocycles. The lowest BCUT2D eigenvalue weighted by atomic mass is 9.98. The van der Waals surface area contributed by atoms with E-state index >= 15 is 0 Å². The van der Waals surface area contributed by atoms with E-state index in [-0.39, 0.29) is 19.0 Å². The van der Waals surface area contributed by atoms with Crippen LogP contribution in [0.15, 0.2) is 0 Å². The topological polar surface area (TPSA) is 130 Å². The summed E-state index contributed by atoms with van der Waals surface area (Å²) in [6.07, 6.45) is 4.90. The van der Waals surface area contributed by atoms with Crippen LogP contribution >= 0.6 is 0 Å². The van der Waals surface area contributed by atoms with Crippen molar-refractivity contribution >= 4 is 5.78 Å². The number of Topliss-reactive ketones (excluding diaryl/α,β-unsaturated/α-hetero) is 1. The van der Waals surface area contributed by atoms with Gasteiger partial charge in [-0.2, -0.15) is 0 Å². The predicted molar refractivity (Wildman–Crippen MR) is 94.1 cm³/mol. The lowest BCUT2D eigenvalue weighted by molar-refractivity contribution is -0.119. The maximum Gasteiger partial charge on any atom is 0.132 e. The second-order valence-electron chi connectivity index (χ2n) is 7.06. The Hall–Kier alpha value is -0.570. The van der Waals surface area contributed by atoms with Crippen LogP contribution in [-0.2, 0) is 4.79 Å². The van der Waals surface area contributed by atoms with Crippen LogP contribution in [-0.4, -0.2) is 74.9 Å². The zero-order valence-corrected chi connectivity index (χ0v) is 15.0. The van der Waals surface area contributed by atoms with Gasteiger partial charge in [0.25, 0.3) is 0 Å². The summed E-state index contributed by atoms with van der Waals surface area (Å²) < 4.78 is 0. The van der Waals surface area contributed by atoms with Crippen LogP contribution in [0.25, 0.3) is 0 Å². The summed E-state index contributed by atoms with van der Waals surface area (Å²) in [7, 11) is 0. The van der Waals surface area contributed by atoms with Gasteiger partial charge in [-0.1, -0.05) is 25.7 Å². The van der Waals surface area contributed by atoms with Crippen molar-refractivity contribution in [3.8, 4) is 0 Å². The monoisotopic (exact) mass is 361 g/mol. The Balaban J connectivity index is 2.03. The molecule has 25 heavy (non-hydrogen) atoms. The largest absolute Gasteiger partial charge is 0.396 e. The predicted octanol–water partition coefficient (Wildman–Crippen LogP) is -0.136. The van der Waals surface area contributed by atoms with Gasteiger partial charge in [-0.05, 0) is 25.7 Å². The van der Waals surface area contributed by atoms with E-state index in [1.165, 1.54) is 0 Å². The van der Waals surface area contributed by atoms with E-state index in [0.717, 1.165) is 38.5 Å². The van der Waals surface area contributed by atoms with Gasteiger partial charge in [0.05, 0.1) is 37.0 Å². The fourth-order valence-corrected chi connectivity index (χ4v) is 3.34. The highest BCUT2D eigenvalue weighted by Crippen LogP contribution is 2.20. The Kier molecular flexibility index (Phi) is 11.4. The van der Waals surface area contributed by atoms with Gasteiger partial charge < -0.3 is 30.8 Å². The summed E-state index contributed by atoms with van der Waals surface area (Å²) in [5.74, 6) is 0.266. The molecule has 0 spiro atoms. The first kappa shape index (κ1) is 22.5. The number of hydrogen-bond donors (Lipinski definition) is 6. The zero-order valence-electron chi connectivity index (χ0n) is 15.0. The molecule has 0 radical (unpaired) electrons. The van der Waals surface area contributed by atoms with Crippen LogP contribution < -0.4 is 5.32 Å². The maximum absolute atomic E-state index is 11.6. The van der Waals surface area contributed by atoms with Gasteiger partial charge in [0.2, 0.25) is 0 Å². The number of rotatable bonds is 14. The minimum absolute atomic E-state index is 0.145. The number of aliphatic hydroxyl groups is 5. The van der Waals surface area contributed by atoms with Gasteiger partial charge in [0.15, 0.2) is 0 Å². The van der Waals surface area contributed by atoms with Crippen molar-refractivity contribution in [2.24, 2.45) is 0 Å². The SMILES string of the molecule is O=C(CCCCO)CCCCCCC[C@@H](O)[C@H]1N[C@H](CO)[C@@H](O)[C@@H]1O. The molecule has 6 N–H and O–H groups in total. The van der Waals surface area contributed by atoms with E-state index in [4.69, 9.17) is 10.2 Å². The third-order valence-electron chi connectivity index (χ3n) is 4.97. The van der Waals surface area contributed by atoms with Crippen molar-refractivity contribution in [2.75, 3.05) is 13.2 Å². The minimum Gasteiger partial charge on any atom is -0.396 e. The first-order valence-corrected chi connectivity index (χ1v) is 9.55. The standard InChI is InChI=1S/C18H35NO6/c20-11-7-6-9-13(22)8-4-2-1-3-5-10-15(23)16-18(25)17(24)14(12-21)19-16/h14-21,23-25H,1-12H2/t14-,15-,16-,17-,18-/m1/s1. The van der Waals surface area contributed by atoms with Gasteiger partial charge in [0.1, 0.15) is 5.78 Å². The normalized spacial score (nSPS) is 27.6. The molecule has 1 aliphatic rings. The van der Waals surface area contributed by atoms with E-state index in [9.17, 15) is 20.1 Å². The first-order chi connectivity index (χ1) is 12.0. The molecule has 0 aromatic heterocycles. The first-order valence-electron chi connectivity index (χ1n) is 9.55. The van der Waals surface area contributed by atoms with Crippen molar-refractivity contribution in [2.45, 2.75) is 94.6 Å². The molecule has 1 heterocycles. The maximum atomic E-state index is 11.6. The van der Waals surface area contributed by atoms with Crippen molar-refractivity contribution in [3.63, 3.8) is 0 Å². The van der Waals surface area contributed by atoms with Gasteiger partial charge in [-0.15, -0.1) is 0 Å². The highest BCUT2D eigenvalue weighted by atomic mass is 16.3. The molecule has 0 aromatic carbocycles. The summed E-state index contributed by atoms with van der Waals surface area (Å²) in [5, 5.41) is 50.4. The Morgan fingerprint density at radius 3 is 2.08 bits per heavy atom. The number of unbranched alkanes of at least 4 members (excludes halogenated alkanes) is 5. The molecule has 1 fully saturated rings. The fourth-order valence-electron chi connectivity index (χ4n) is 3.34. The van der Waals surface area contributed by atoms with Gasteiger partial charge in [-0.3, -0.25) is 4.79 Å². The third kappa shape index (κ3) is 8.11. The fraction of sp³-hybridized carbons (Fsp3) is 0.944. The van der Waals surface area contributed by atoms with E-state index in [1.807, 2.05) is 0 Å². The van der Waals surface area contributed by atoms with Crippen molar-refractivity contribution < 1.29 is 30.3 Å². The van der Waals surface area contributed by atoms with Gasteiger partial charge in [0, 0.05) is 19.4 Å². The van der Waals surface area contributed by atoms with E-state index in [1.54, 1.807) is 0 Å². The molecular formula is C18H35NO6. The van der Waals surface area contributed by atoms with Crippen LogP contribution in [0.1, 0.15) is 64.2 Å². The number of nitrogens with one attached hydrogen (secondary N) is 1. The second kappa shape index (κ2) is 12.7. The summed E-state index contributed by atoms with van der Waals surface area (Å²) >= 11 is 0. The smallest absolute Gasteiger partial charge is 0.132 e. The number of carbonyl (C=O) groups excluding carboxylic acids is 1. The van der Waals surface area contributed by atoms with E-state index in [2.05, 4.69) is 5.32 Å². The molecule has 0 unspecified atom stereocenters. The molecule has 7 heteroatoms. The number of aliphatic hydroxyl groups excluding tert-OH is 5.